The summed E-state index contributed by atoms with van der Waals surface area (Å²) in [6.45, 7) is 2.19. The lowest BCUT2D eigenvalue weighted by molar-refractivity contribution is -0.353. The first-order chi connectivity index (χ1) is 39.2. The molecule has 0 aromatic carbocycles. The van der Waals surface area contributed by atoms with Gasteiger partial charge in [-0.2, -0.15) is 0 Å². The maximum absolute atomic E-state index is 13.4. The van der Waals surface area contributed by atoms with Crippen LogP contribution in [0.2, 0.25) is 0 Å². The van der Waals surface area contributed by atoms with E-state index in [1.54, 1.807) is 0 Å². The third-order valence-electron chi connectivity index (χ3n) is 15.0. The summed E-state index contributed by atoms with van der Waals surface area (Å²) in [6.07, 6.45) is 21.4. The van der Waals surface area contributed by atoms with E-state index in [1.165, 1.54) is 167 Å². The molecule has 0 amide bonds. The van der Waals surface area contributed by atoms with Crippen molar-refractivity contribution in [1.82, 2.24) is 0 Å². The van der Waals surface area contributed by atoms with Crippen LogP contribution >= 0.6 is 7.82 Å². The van der Waals surface area contributed by atoms with Gasteiger partial charge in [0.2, 0.25) is 0 Å². The van der Waals surface area contributed by atoms with Crippen LogP contribution in [0, 0.1) is 0 Å². The number of ether oxygens (including phenoxy) is 8. The molecule has 2 fully saturated rings. The topological polar surface area (TPSA) is 302 Å². The predicted molar refractivity (Wildman–Crippen MR) is 304 cm³/mol. The number of phosphoric ester groups is 1. The fourth-order valence-corrected chi connectivity index (χ4v) is 11.0. The molecular formula is C59H111O21P. The molecule has 2 unspecified atom stereocenters. The lowest BCUT2D eigenvalue weighted by atomic mass is 9.97. The maximum atomic E-state index is 13.4. The van der Waals surface area contributed by atoms with Gasteiger partial charge in [0.05, 0.1) is 33.0 Å². The predicted octanol–water partition coefficient (Wildman–Crippen LogP) is 11.1. The molecule has 2 aliphatic rings. The summed E-state index contributed by atoms with van der Waals surface area (Å²) in [4.78, 5) is 48.5. The molecule has 478 valence electrons. The summed E-state index contributed by atoms with van der Waals surface area (Å²) in [5, 5.41) is 62.2. The zero-order valence-corrected chi connectivity index (χ0v) is 50.7. The maximum Gasteiger partial charge on any atom is 0.508 e. The highest BCUT2D eigenvalue weighted by molar-refractivity contribution is 7.47. The molecule has 0 bridgehead atoms. The van der Waals surface area contributed by atoms with E-state index in [0.29, 0.717) is 12.8 Å². The third kappa shape index (κ3) is 35.7. The standard InChI is InChI=1S/C59H111O21P/c1-4-6-8-10-12-14-16-18-20-22-23-25-27-28-30-32-34-36-38-40-71-58(67)73-44-47(76-59(68)72-41-39-37-35-33-31-29-26-24-21-19-17-15-13-11-9-7-5-2)45-74-81(69,70)80-57-53(66)55(75-46(3)62)54(49(43-61)78-57)79-56-52(65)51(64)50(63)48(42-60)77-56/h47-57,60-61,63-66H,4-45H2,1-3H3,(H,69,70)/t47?,48-,49-,50-,51-,52-,53-,54-,55+,56-,57-/m1/s1. The molecule has 21 nitrogen and oxygen atoms in total. The van der Waals surface area contributed by atoms with Crippen molar-refractivity contribution in [2.24, 2.45) is 0 Å². The number of rotatable bonds is 51. The highest BCUT2D eigenvalue weighted by Gasteiger charge is 2.54. The Labute approximate surface area is 485 Å². The van der Waals surface area contributed by atoms with E-state index in [1.807, 2.05) is 0 Å². The van der Waals surface area contributed by atoms with Crippen molar-refractivity contribution in [3.05, 3.63) is 0 Å². The number of phosphoric acid groups is 1. The summed E-state index contributed by atoms with van der Waals surface area (Å²) in [5.74, 6) is -0.997. The number of aliphatic hydroxyl groups excluding tert-OH is 6. The fourth-order valence-electron chi connectivity index (χ4n) is 10.1. The second-order valence-corrected chi connectivity index (χ2v) is 23.6. The number of esters is 1. The lowest BCUT2D eigenvalue weighted by Crippen LogP contribution is -2.65. The molecule has 0 aromatic rings. The molecule has 0 radical (unpaired) electrons. The van der Waals surface area contributed by atoms with Gasteiger partial charge < -0.3 is 73.4 Å². The zero-order chi connectivity index (χ0) is 59.4. The van der Waals surface area contributed by atoms with Gasteiger partial charge >= 0.3 is 26.1 Å². The second kappa shape index (κ2) is 47.9. The van der Waals surface area contributed by atoms with E-state index >= 15 is 0 Å². The van der Waals surface area contributed by atoms with Gasteiger partial charge in [0, 0.05) is 6.92 Å². The first-order valence-corrected chi connectivity index (χ1v) is 33.0. The van der Waals surface area contributed by atoms with Crippen LogP contribution in [0.3, 0.4) is 0 Å². The van der Waals surface area contributed by atoms with Crippen molar-refractivity contribution in [1.29, 1.82) is 0 Å². The van der Waals surface area contributed by atoms with Gasteiger partial charge in [0.15, 0.2) is 24.8 Å². The number of carbonyl (C=O) groups is 3. The molecular weight excluding hydrogens is 1080 g/mol. The summed E-state index contributed by atoms with van der Waals surface area (Å²) in [7, 11) is -5.35. The molecule has 7 N–H and O–H groups in total. The Morgan fingerprint density at radius 2 is 0.840 bits per heavy atom. The van der Waals surface area contributed by atoms with Crippen LogP contribution in [0.25, 0.3) is 0 Å². The van der Waals surface area contributed by atoms with Crippen molar-refractivity contribution in [3.63, 3.8) is 0 Å². The average Bonchev–Trinajstić information content (AvgIpc) is 3.44. The first kappa shape index (κ1) is 74.9. The molecule has 2 saturated heterocycles. The molecule has 22 heteroatoms. The minimum Gasteiger partial charge on any atom is -0.457 e. The van der Waals surface area contributed by atoms with Crippen LogP contribution in [0.4, 0.5) is 9.59 Å². The van der Waals surface area contributed by atoms with Gasteiger partial charge in [0.25, 0.3) is 0 Å². The number of hydrogen-bond acceptors (Lipinski definition) is 20. The van der Waals surface area contributed by atoms with Crippen LogP contribution in [0.5, 0.6) is 0 Å². The van der Waals surface area contributed by atoms with Gasteiger partial charge in [-0.3, -0.25) is 13.8 Å². The van der Waals surface area contributed by atoms with E-state index in [0.717, 1.165) is 58.3 Å². The summed E-state index contributed by atoms with van der Waals surface area (Å²) in [5.41, 5.74) is 0. The molecule has 2 aliphatic heterocycles. The van der Waals surface area contributed by atoms with Crippen molar-refractivity contribution in [2.75, 3.05) is 39.6 Å². The average molecular weight is 1190 g/mol. The van der Waals surface area contributed by atoms with Crippen LogP contribution in [0.1, 0.15) is 252 Å². The van der Waals surface area contributed by atoms with Crippen LogP contribution in [-0.2, 0) is 56.3 Å². The molecule has 2 heterocycles. The van der Waals surface area contributed by atoms with Crippen LogP contribution in [-0.4, -0.2) is 161 Å². The van der Waals surface area contributed by atoms with Gasteiger partial charge in [0.1, 0.15) is 49.3 Å². The smallest absolute Gasteiger partial charge is 0.457 e. The van der Waals surface area contributed by atoms with E-state index in [9.17, 15) is 54.5 Å². The summed E-state index contributed by atoms with van der Waals surface area (Å²) >= 11 is 0. The highest BCUT2D eigenvalue weighted by Crippen LogP contribution is 2.47. The quantitative estimate of drug-likeness (QED) is 0.0129. The SMILES string of the molecule is CCCCCCCCCCCCCCCCCCCCCOC(=O)OCC(COP(=O)(O)O[C@H]1O[C@H](CO)[C@@H](O[C@H]2O[C@H](CO)[C@@H](O)[C@@H](O)[C@H]2O)[C@@H](OC(C)=O)[C@H]1O)OC(=O)OCCCCCCCCCCCCCCCCCCC. The molecule has 0 aliphatic carbocycles. The van der Waals surface area contributed by atoms with Crippen molar-refractivity contribution in [3.8, 4) is 0 Å². The Balaban J connectivity index is 1.85. The number of aliphatic hydroxyl groups is 6. The van der Waals surface area contributed by atoms with Crippen LogP contribution in [0.15, 0.2) is 0 Å². The lowest BCUT2D eigenvalue weighted by Gasteiger charge is -2.46. The highest BCUT2D eigenvalue weighted by atomic mass is 31.2. The Kier molecular flexibility index (Phi) is 44.3. The summed E-state index contributed by atoms with van der Waals surface area (Å²) in [6, 6.07) is 0. The number of unbranched alkanes of at least 4 members (excludes halogenated alkanes) is 34. The Bertz CT molecular complexity index is 1600. The minimum atomic E-state index is -5.35. The van der Waals surface area contributed by atoms with Gasteiger partial charge in [-0.1, -0.05) is 232 Å². The number of carbonyl (C=O) groups excluding carboxylic acids is 3. The molecule has 0 saturated carbocycles. The Hall–Kier alpha value is -2.24. The van der Waals surface area contributed by atoms with E-state index < -0.39 is 120 Å². The zero-order valence-electron chi connectivity index (χ0n) is 49.8. The Morgan fingerprint density at radius 1 is 0.457 bits per heavy atom. The van der Waals surface area contributed by atoms with E-state index in [2.05, 4.69) is 13.8 Å². The second-order valence-electron chi connectivity index (χ2n) is 22.2. The van der Waals surface area contributed by atoms with Crippen molar-refractivity contribution < 1.29 is 101 Å². The van der Waals surface area contributed by atoms with Gasteiger partial charge in [-0.25, -0.2) is 14.2 Å². The molecule has 12 atom stereocenters. The first-order valence-electron chi connectivity index (χ1n) is 31.5. The van der Waals surface area contributed by atoms with Gasteiger partial charge in [-0.15, -0.1) is 0 Å². The molecule has 0 spiro atoms. The van der Waals surface area contributed by atoms with Crippen LogP contribution < -0.4 is 0 Å². The largest absolute Gasteiger partial charge is 0.508 e. The van der Waals surface area contributed by atoms with Crippen molar-refractivity contribution in [2.45, 2.75) is 319 Å². The van der Waals surface area contributed by atoms with E-state index in [4.69, 9.17) is 46.9 Å². The molecule has 2 rings (SSSR count). The van der Waals surface area contributed by atoms with E-state index in [-0.39, 0.29) is 13.2 Å². The molecule has 0 aromatic heterocycles. The Morgan fingerprint density at radius 3 is 1.23 bits per heavy atom. The summed E-state index contributed by atoms with van der Waals surface area (Å²) < 4.78 is 66.5. The third-order valence-corrected chi connectivity index (χ3v) is 15.9. The van der Waals surface area contributed by atoms with Crippen molar-refractivity contribution >= 4 is 26.1 Å². The minimum absolute atomic E-state index is 0.0302. The molecule has 81 heavy (non-hydrogen) atoms. The fraction of sp³-hybridized carbons (Fsp3) is 0.949. The number of hydrogen-bond donors (Lipinski definition) is 7. The van der Waals surface area contributed by atoms with Gasteiger partial charge in [-0.05, 0) is 12.8 Å². The monoisotopic (exact) mass is 1190 g/mol. The normalized spacial score (nSPS) is 24.1.